The molecular weight excluding hydrogens is 164 g/mol. The Morgan fingerprint density at radius 1 is 1.38 bits per heavy atom. The number of carbonyl (C=O) groups excluding carboxylic acids is 1. The van der Waals surface area contributed by atoms with Crippen LogP contribution in [0.1, 0.15) is 47.0 Å². The molecule has 0 aliphatic heterocycles. The average Bonchev–Trinajstić information content (AvgIpc) is 2.04. The Morgan fingerprint density at radius 3 is 2.23 bits per heavy atom. The van der Waals surface area contributed by atoms with E-state index in [0.717, 1.165) is 19.3 Å². The average molecular weight is 186 g/mol. The second-order valence-electron chi connectivity index (χ2n) is 4.22. The highest BCUT2D eigenvalue weighted by atomic mass is 16.5. The predicted molar refractivity (Wildman–Crippen MR) is 54.5 cm³/mol. The van der Waals surface area contributed by atoms with Gasteiger partial charge in [-0.25, -0.2) is 0 Å². The zero-order chi connectivity index (χ0) is 10.5. The number of ether oxygens (including phenoxy) is 1. The van der Waals surface area contributed by atoms with Gasteiger partial charge in [0.05, 0.1) is 13.0 Å². The van der Waals surface area contributed by atoms with Crippen molar-refractivity contribution in [3.8, 4) is 0 Å². The molecule has 2 heteroatoms. The molecule has 0 aromatic heterocycles. The molecule has 0 aliphatic carbocycles. The van der Waals surface area contributed by atoms with Crippen LogP contribution in [0.25, 0.3) is 0 Å². The minimum atomic E-state index is -0.0686. The maximum absolute atomic E-state index is 11.4. The van der Waals surface area contributed by atoms with E-state index in [1.807, 2.05) is 6.92 Å². The summed E-state index contributed by atoms with van der Waals surface area (Å²) >= 11 is 0. The van der Waals surface area contributed by atoms with E-state index in [1.54, 1.807) is 0 Å². The number of hydrogen-bond acceptors (Lipinski definition) is 2. The van der Waals surface area contributed by atoms with Crippen molar-refractivity contribution in [1.82, 2.24) is 0 Å². The highest BCUT2D eigenvalue weighted by Gasteiger charge is 2.33. The second-order valence-corrected chi connectivity index (χ2v) is 4.22. The molecule has 0 N–H and O–H groups in total. The zero-order valence-corrected chi connectivity index (χ0v) is 9.52. The molecule has 78 valence electrons. The molecule has 0 radical (unpaired) electrons. The van der Waals surface area contributed by atoms with Crippen LogP contribution < -0.4 is 0 Å². The first-order valence-corrected chi connectivity index (χ1v) is 5.07. The maximum atomic E-state index is 11.4. The van der Waals surface area contributed by atoms with Gasteiger partial charge in [0.1, 0.15) is 0 Å². The first kappa shape index (κ1) is 12.5. The van der Waals surface area contributed by atoms with Gasteiger partial charge in [-0.2, -0.15) is 0 Å². The Balaban J connectivity index is 4.45. The lowest BCUT2D eigenvalue weighted by Crippen LogP contribution is -2.31. The first-order valence-electron chi connectivity index (χ1n) is 5.07. The van der Waals surface area contributed by atoms with Crippen molar-refractivity contribution in [2.24, 2.45) is 11.3 Å². The van der Waals surface area contributed by atoms with Gasteiger partial charge >= 0.3 is 5.97 Å². The van der Waals surface area contributed by atoms with E-state index in [1.165, 1.54) is 7.11 Å². The summed E-state index contributed by atoms with van der Waals surface area (Å²) in [6.07, 6.45) is 3.04. The molecule has 1 atom stereocenters. The lowest BCUT2D eigenvalue weighted by molar-refractivity contribution is -0.150. The molecule has 0 saturated carbocycles. The standard InChI is InChI=1S/C11H22O2/c1-6-8-11(3,4)9(7-2)10(12)13-5/h9H,6-8H2,1-5H3. The van der Waals surface area contributed by atoms with Crippen molar-refractivity contribution >= 4 is 5.97 Å². The van der Waals surface area contributed by atoms with Gasteiger partial charge in [-0.1, -0.05) is 34.1 Å². The summed E-state index contributed by atoms with van der Waals surface area (Å²) in [4.78, 5) is 11.4. The third-order valence-corrected chi connectivity index (χ3v) is 2.73. The van der Waals surface area contributed by atoms with Gasteiger partial charge in [-0.3, -0.25) is 4.79 Å². The summed E-state index contributed by atoms with van der Waals surface area (Å²) in [5, 5.41) is 0. The van der Waals surface area contributed by atoms with E-state index in [0.29, 0.717) is 0 Å². The lowest BCUT2D eigenvalue weighted by Gasteiger charge is -2.31. The van der Waals surface area contributed by atoms with E-state index in [4.69, 9.17) is 4.74 Å². The SMILES string of the molecule is CCCC(C)(C)C(CC)C(=O)OC. The highest BCUT2D eigenvalue weighted by molar-refractivity contribution is 5.73. The van der Waals surface area contributed by atoms with Crippen LogP contribution in [-0.4, -0.2) is 13.1 Å². The number of carbonyl (C=O) groups is 1. The van der Waals surface area contributed by atoms with Crippen LogP contribution in [0.15, 0.2) is 0 Å². The maximum Gasteiger partial charge on any atom is 0.309 e. The van der Waals surface area contributed by atoms with Crippen molar-refractivity contribution in [2.75, 3.05) is 7.11 Å². The fraction of sp³-hybridized carbons (Fsp3) is 0.909. The second kappa shape index (κ2) is 5.25. The van der Waals surface area contributed by atoms with Gasteiger partial charge < -0.3 is 4.74 Å². The summed E-state index contributed by atoms with van der Waals surface area (Å²) < 4.78 is 4.80. The van der Waals surface area contributed by atoms with Crippen LogP contribution in [-0.2, 0) is 9.53 Å². The molecular formula is C11H22O2. The Kier molecular flexibility index (Phi) is 5.04. The highest BCUT2D eigenvalue weighted by Crippen LogP contribution is 2.34. The Bertz CT molecular complexity index is 161. The Morgan fingerprint density at radius 2 is 1.92 bits per heavy atom. The molecule has 2 nitrogen and oxygen atoms in total. The molecule has 0 heterocycles. The molecule has 0 aliphatic rings. The first-order chi connectivity index (χ1) is 5.99. The van der Waals surface area contributed by atoms with E-state index < -0.39 is 0 Å². The van der Waals surface area contributed by atoms with Crippen molar-refractivity contribution in [1.29, 1.82) is 0 Å². The van der Waals surface area contributed by atoms with E-state index in [9.17, 15) is 4.79 Å². The summed E-state index contributed by atoms with van der Waals surface area (Å²) in [5.74, 6) is -0.0293. The van der Waals surface area contributed by atoms with E-state index >= 15 is 0 Å². The van der Waals surface area contributed by atoms with E-state index in [-0.39, 0.29) is 17.3 Å². The molecule has 0 aromatic rings. The number of methoxy groups -OCH3 is 1. The van der Waals surface area contributed by atoms with Crippen molar-refractivity contribution < 1.29 is 9.53 Å². The normalized spacial score (nSPS) is 13.9. The minimum Gasteiger partial charge on any atom is -0.469 e. The predicted octanol–water partition coefficient (Wildman–Crippen LogP) is 3.01. The minimum absolute atomic E-state index is 0.0393. The van der Waals surface area contributed by atoms with Gasteiger partial charge in [0.25, 0.3) is 0 Å². The molecule has 13 heavy (non-hydrogen) atoms. The van der Waals surface area contributed by atoms with Crippen LogP contribution in [0.4, 0.5) is 0 Å². The van der Waals surface area contributed by atoms with Crippen LogP contribution in [0.3, 0.4) is 0 Å². The van der Waals surface area contributed by atoms with Crippen LogP contribution in [0.5, 0.6) is 0 Å². The number of rotatable bonds is 5. The summed E-state index contributed by atoms with van der Waals surface area (Å²) in [5.41, 5.74) is 0.0661. The van der Waals surface area contributed by atoms with Crippen LogP contribution in [0.2, 0.25) is 0 Å². The fourth-order valence-electron chi connectivity index (χ4n) is 2.00. The summed E-state index contributed by atoms with van der Waals surface area (Å²) in [6, 6.07) is 0. The largest absolute Gasteiger partial charge is 0.469 e. The smallest absolute Gasteiger partial charge is 0.309 e. The van der Waals surface area contributed by atoms with Crippen LogP contribution >= 0.6 is 0 Å². The van der Waals surface area contributed by atoms with Crippen molar-refractivity contribution in [3.05, 3.63) is 0 Å². The number of hydrogen-bond donors (Lipinski definition) is 0. The molecule has 0 fully saturated rings. The molecule has 0 amide bonds. The molecule has 0 aromatic carbocycles. The third-order valence-electron chi connectivity index (χ3n) is 2.73. The molecule has 0 spiro atoms. The zero-order valence-electron chi connectivity index (χ0n) is 9.52. The molecule has 0 saturated heterocycles. The number of esters is 1. The Labute approximate surface area is 81.7 Å². The van der Waals surface area contributed by atoms with Gasteiger partial charge in [0, 0.05) is 0 Å². The molecule has 0 bridgehead atoms. The quantitative estimate of drug-likeness (QED) is 0.617. The third kappa shape index (κ3) is 3.37. The fourth-order valence-corrected chi connectivity index (χ4v) is 2.00. The molecule has 1 unspecified atom stereocenters. The Hall–Kier alpha value is -0.530. The van der Waals surface area contributed by atoms with Gasteiger partial charge in [-0.15, -0.1) is 0 Å². The van der Waals surface area contributed by atoms with Gasteiger partial charge in [-0.05, 0) is 18.3 Å². The lowest BCUT2D eigenvalue weighted by atomic mass is 9.74. The van der Waals surface area contributed by atoms with Crippen molar-refractivity contribution in [2.45, 2.75) is 47.0 Å². The van der Waals surface area contributed by atoms with Gasteiger partial charge in [0.2, 0.25) is 0 Å². The molecule has 0 rings (SSSR count). The summed E-state index contributed by atoms with van der Waals surface area (Å²) in [7, 11) is 1.47. The summed E-state index contributed by atoms with van der Waals surface area (Å²) in [6.45, 7) is 8.47. The van der Waals surface area contributed by atoms with Gasteiger partial charge in [0.15, 0.2) is 0 Å². The monoisotopic (exact) mass is 186 g/mol. The topological polar surface area (TPSA) is 26.3 Å². The van der Waals surface area contributed by atoms with E-state index in [2.05, 4.69) is 20.8 Å². The van der Waals surface area contributed by atoms with Crippen LogP contribution in [0, 0.1) is 11.3 Å². The van der Waals surface area contributed by atoms with Crippen molar-refractivity contribution in [3.63, 3.8) is 0 Å².